The minimum absolute atomic E-state index is 0.132. The van der Waals surface area contributed by atoms with E-state index in [1.165, 1.54) is 25.6 Å². The first kappa shape index (κ1) is 27.9. The fourth-order valence-electron chi connectivity index (χ4n) is 3.63. The molecule has 0 spiro atoms. The Balaban J connectivity index is 2.19. The molecule has 0 saturated heterocycles. The van der Waals surface area contributed by atoms with Crippen molar-refractivity contribution in [2.45, 2.75) is 34.2 Å². The molecule has 0 aliphatic rings. The Morgan fingerprint density at radius 3 is 1.95 bits per heavy atom. The summed E-state index contributed by atoms with van der Waals surface area (Å²) in [7, 11) is 3.06. The number of thiazole rings is 1. The predicted octanol–water partition coefficient (Wildman–Crippen LogP) is 4.22. The minimum Gasteiger partial charge on any atom is -0.493 e. The summed E-state index contributed by atoms with van der Waals surface area (Å²) in [5, 5.41) is 0. The average molecular weight is 533 g/mol. The lowest BCUT2D eigenvalue weighted by Crippen LogP contribution is -2.23. The molecule has 3 rings (SSSR count). The second-order valence-corrected chi connectivity index (χ2v) is 8.48. The van der Waals surface area contributed by atoms with Crippen molar-refractivity contribution in [1.29, 1.82) is 0 Å². The molecule has 2 aromatic carbocycles. The zero-order valence-corrected chi connectivity index (χ0v) is 22.7. The highest BCUT2D eigenvalue weighted by atomic mass is 32.1. The van der Waals surface area contributed by atoms with Gasteiger partial charge in [-0.15, -0.1) is 0 Å². The van der Waals surface area contributed by atoms with Gasteiger partial charge in [-0.05, 0) is 39.8 Å². The summed E-state index contributed by atoms with van der Waals surface area (Å²) in [4.78, 5) is 30.5. The van der Waals surface area contributed by atoms with Crippen LogP contribution in [-0.2, 0) is 16.1 Å². The molecule has 0 unspecified atom stereocenters. The molecule has 200 valence electrons. The van der Waals surface area contributed by atoms with Gasteiger partial charge in [0.2, 0.25) is 5.75 Å². The van der Waals surface area contributed by atoms with Gasteiger partial charge in [0.1, 0.15) is 6.54 Å². The topological polar surface area (TPSA) is 107 Å². The number of methoxy groups -OCH3 is 2. The summed E-state index contributed by atoms with van der Waals surface area (Å²) in [5.74, 6) is 1.22. The number of amides is 1. The van der Waals surface area contributed by atoms with Gasteiger partial charge in [0.15, 0.2) is 27.8 Å². The summed E-state index contributed by atoms with van der Waals surface area (Å²) in [6.45, 7) is 8.52. The van der Waals surface area contributed by atoms with Crippen molar-refractivity contribution < 1.29 is 38.0 Å². The van der Waals surface area contributed by atoms with Gasteiger partial charge in [-0.3, -0.25) is 9.59 Å². The van der Waals surface area contributed by atoms with E-state index >= 15 is 0 Å². The average Bonchev–Trinajstić information content (AvgIpc) is 3.20. The Bertz CT molecular complexity index is 1300. The normalized spacial score (nSPS) is 11.4. The third-order valence-corrected chi connectivity index (χ3v) is 6.18. The maximum atomic E-state index is 13.4. The van der Waals surface area contributed by atoms with Crippen LogP contribution in [0, 0.1) is 0 Å². The maximum absolute atomic E-state index is 13.4. The zero-order chi connectivity index (χ0) is 26.9. The van der Waals surface area contributed by atoms with Crippen LogP contribution in [0.5, 0.6) is 28.7 Å². The fourth-order valence-corrected chi connectivity index (χ4v) is 4.67. The molecule has 11 heteroatoms. The quantitative estimate of drug-likeness (QED) is 0.319. The molecule has 1 heterocycles. The molecule has 0 radical (unpaired) electrons. The van der Waals surface area contributed by atoms with E-state index in [4.69, 9.17) is 28.4 Å². The highest BCUT2D eigenvalue weighted by molar-refractivity contribution is 7.16. The van der Waals surface area contributed by atoms with E-state index in [1.807, 2.05) is 20.8 Å². The molecule has 0 saturated carbocycles. The van der Waals surface area contributed by atoms with Crippen LogP contribution in [0.3, 0.4) is 0 Å². The van der Waals surface area contributed by atoms with Crippen molar-refractivity contribution in [1.82, 2.24) is 4.57 Å². The Labute approximate surface area is 219 Å². The number of nitrogens with zero attached hydrogens (tertiary/aromatic N) is 2. The van der Waals surface area contributed by atoms with Crippen LogP contribution >= 0.6 is 11.3 Å². The number of fused-ring (bicyclic) bond motifs is 1. The third-order valence-electron chi connectivity index (χ3n) is 5.13. The molecular formula is C26H32N2O8S. The summed E-state index contributed by atoms with van der Waals surface area (Å²) in [6, 6.07) is 6.68. The van der Waals surface area contributed by atoms with Gasteiger partial charge in [-0.25, -0.2) is 0 Å². The van der Waals surface area contributed by atoms with Crippen LogP contribution in [0.15, 0.2) is 29.3 Å². The standard InChI is InChI=1S/C26H32N2O8S/c1-7-33-20-11-16(12-21(34-8-2)24(20)36-10-4)25(30)27-26-28(15-23(29)35-9-3)17-13-18(31-5)19(32-6)14-22(17)37-26/h11-14H,7-10,15H2,1-6H3. The number of esters is 1. The van der Waals surface area contributed by atoms with Gasteiger partial charge in [0, 0.05) is 17.7 Å². The molecule has 3 aromatic rings. The molecule has 0 N–H and O–H groups in total. The molecule has 0 fully saturated rings. The monoisotopic (exact) mass is 532 g/mol. The van der Waals surface area contributed by atoms with E-state index in [-0.39, 0.29) is 18.7 Å². The second kappa shape index (κ2) is 13.0. The van der Waals surface area contributed by atoms with Crippen LogP contribution in [0.2, 0.25) is 0 Å². The smallest absolute Gasteiger partial charge is 0.326 e. The molecule has 1 amide bonds. The van der Waals surface area contributed by atoms with Gasteiger partial charge in [-0.2, -0.15) is 4.99 Å². The van der Waals surface area contributed by atoms with Crippen LogP contribution in [0.25, 0.3) is 10.2 Å². The van der Waals surface area contributed by atoms with Crippen LogP contribution < -0.4 is 28.5 Å². The van der Waals surface area contributed by atoms with Crippen molar-refractivity contribution in [3.8, 4) is 28.7 Å². The zero-order valence-electron chi connectivity index (χ0n) is 21.9. The molecule has 37 heavy (non-hydrogen) atoms. The molecule has 10 nitrogen and oxygen atoms in total. The first-order chi connectivity index (χ1) is 17.9. The van der Waals surface area contributed by atoms with Crippen molar-refractivity contribution >= 4 is 33.4 Å². The highest BCUT2D eigenvalue weighted by Crippen LogP contribution is 2.39. The number of rotatable bonds is 12. The number of carbonyl (C=O) groups excluding carboxylic acids is 2. The fraction of sp³-hybridized carbons (Fsp3) is 0.423. The third kappa shape index (κ3) is 6.34. The van der Waals surface area contributed by atoms with Gasteiger partial charge >= 0.3 is 5.97 Å². The van der Waals surface area contributed by atoms with E-state index in [2.05, 4.69) is 4.99 Å². The lowest BCUT2D eigenvalue weighted by Gasteiger charge is -2.16. The Kier molecular flexibility index (Phi) is 9.78. The van der Waals surface area contributed by atoms with Gasteiger partial charge in [-0.1, -0.05) is 11.3 Å². The predicted molar refractivity (Wildman–Crippen MR) is 139 cm³/mol. The molecular weight excluding hydrogens is 500 g/mol. The number of hydrogen-bond acceptors (Lipinski definition) is 9. The Hall–Kier alpha value is -3.73. The van der Waals surface area contributed by atoms with Crippen molar-refractivity contribution in [3.05, 3.63) is 34.6 Å². The Morgan fingerprint density at radius 2 is 1.41 bits per heavy atom. The van der Waals surface area contributed by atoms with Crippen molar-refractivity contribution in [2.24, 2.45) is 4.99 Å². The lowest BCUT2D eigenvalue weighted by atomic mass is 10.1. The molecule has 0 aliphatic heterocycles. The number of ether oxygens (including phenoxy) is 6. The van der Waals surface area contributed by atoms with E-state index in [0.717, 1.165) is 4.70 Å². The first-order valence-electron chi connectivity index (χ1n) is 12.0. The van der Waals surface area contributed by atoms with Crippen LogP contribution in [0.4, 0.5) is 0 Å². The summed E-state index contributed by atoms with van der Waals surface area (Å²) >= 11 is 1.24. The van der Waals surface area contributed by atoms with Gasteiger partial charge < -0.3 is 33.0 Å². The lowest BCUT2D eigenvalue weighted by molar-refractivity contribution is -0.143. The number of aromatic nitrogens is 1. The summed E-state index contributed by atoms with van der Waals surface area (Å²) in [5.41, 5.74) is 0.907. The summed E-state index contributed by atoms with van der Waals surface area (Å²) in [6.07, 6.45) is 0. The SMILES string of the molecule is CCOC(=O)Cn1c(=NC(=O)c2cc(OCC)c(OCC)c(OCC)c2)sc2cc(OC)c(OC)cc21. The van der Waals surface area contributed by atoms with Crippen LogP contribution in [-0.4, -0.2) is 57.1 Å². The highest BCUT2D eigenvalue weighted by Gasteiger charge is 2.20. The van der Waals surface area contributed by atoms with Crippen molar-refractivity contribution in [3.63, 3.8) is 0 Å². The maximum Gasteiger partial charge on any atom is 0.326 e. The summed E-state index contributed by atoms with van der Waals surface area (Å²) < 4.78 is 35.5. The van der Waals surface area contributed by atoms with E-state index in [9.17, 15) is 9.59 Å². The van der Waals surface area contributed by atoms with Crippen LogP contribution in [0.1, 0.15) is 38.1 Å². The minimum atomic E-state index is -0.534. The van der Waals surface area contributed by atoms with E-state index < -0.39 is 11.9 Å². The first-order valence-corrected chi connectivity index (χ1v) is 12.8. The molecule has 0 aliphatic carbocycles. The number of hydrogen-bond donors (Lipinski definition) is 0. The number of carbonyl (C=O) groups is 2. The Morgan fingerprint density at radius 1 is 0.811 bits per heavy atom. The van der Waals surface area contributed by atoms with Crippen molar-refractivity contribution in [2.75, 3.05) is 40.6 Å². The second-order valence-electron chi connectivity index (χ2n) is 7.47. The van der Waals surface area contributed by atoms with Gasteiger partial charge in [0.25, 0.3) is 5.91 Å². The number of benzene rings is 2. The largest absolute Gasteiger partial charge is 0.493 e. The van der Waals surface area contributed by atoms with Gasteiger partial charge in [0.05, 0.1) is 50.9 Å². The van der Waals surface area contributed by atoms with E-state index in [0.29, 0.717) is 58.9 Å². The molecule has 1 aromatic heterocycles. The molecule has 0 bridgehead atoms. The molecule has 0 atom stereocenters. The van der Waals surface area contributed by atoms with E-state index in [1.54, 1.807) is 35.8 Å².